The van der Waals surface area contributed by atoms with Crippen molar-refractivity contribution in [1.29, 1.82) is 0 Å². The van der Waals surface area contributed by atoms with Crippen LogP contribution in [0.4, 0.5) is 0 Å². The molecule has 0 radical (unpaired) electrons. The number of hydrogen-bond donors (Lipinski definition) is 1. The molecule has 3 nitrogen and oxygen atoms in total. The molecule has 1 atom stereocenters. The molecule has 1 aromatic carbocycles. The molecule has 1 aliphatic heterocycles. The van der Waals surface area contributed by atoms with Crippen LogP contribution in [0.25, 0.3) is 0 Å². The molecule has 14 heavy (non-hydrogen) atoms. The standard InChI is InChI=1S/C11H13NO2/c1-8-2-4-9(5-3-8)10-11(13)14-7-6-12-10/h2-5,11,13H,6-7H2,1H3. The molecule has 3 heteroatoms. The van der Waals surface area contributed by atoms with E-state index in [-0.39, 0.29) is 0 Å². The van der Waals surface area contributed by atoms with E-state index in [1.54, 1.807) is 0 Å². The van der Waals surface area contributed by atoms with E-state index in [0.29, 0.717) is 18.9 Å². The predicted molar refractivity (Wildman–Crippen MR) is 54.5 cm³/mol. The van der Waals surface area contributed by atoms with Gasteiger partial charge in [0.25, 0.3) is 0 Å². The molecule has 0 saturated heterocycles. The molecule has 1 heterocycles. The average molecular weight is 191 g/mol. The molecule has 74 valence electrons. The Morgan fingerprint density at radius 3 is 2.71 bits per heavy atom. The van der Waals surface area contributed by atoms with E-state index in [1.165, 1.54) is 5.56 Å². The molecule has 1 unspecified atom stereocenters. The van der Waals surface area contributed by atoms with Crippen molar-refractivity contribution in [3.63, 3.8) is 0 Å². The van der Waals surface area contributed by atoms with E-state index in [0.717, 1.165) is 5.56 Å². The van der Waals surface area contributed by atoms with Crippen molar-refractivity contribution >= 4 is 5.71 Å². The summed E-state index contributed by atoms with van der Waals surface area (Å²) in [4.78, 5) is 4.25. The fraction of sp³-hybridized carbons (Fsp3) is 0.364. The maximum absolute atomic E-state index is 9.54. The minimum absolute atomic E-state index is 0.497. The van der Waals surface area contributed by atoms with E-state index in [4.69, 9.17) is 4.74 Å². The van der Waals surface area contributed by atoms with Crippen LogP contribution in [0, 0.1) is 6.92 Å². The Hall–Kier alpha value is -1.19. The molecular formula is C11H13NO2. The SMILES string of the molecule is Cc1ccc(C2=NCCOC2O)cc1. The molecule has 0 saturated carbocycles. The van der Waals surface area contributed by atoms with Crippen molar-refractivity contribution in [2.45, 2.75) is 13.2 Å². The smallest absolute Gasteiger partial charge is 0.198 e. The zero-order chi connectivity index (χ0) is 9.97. The van der Waals surface area contributed by atoms with Gasteiger partial charge >= 0.3 is 0 Å². The molecular weight excluding hydrogens is 178 g/mol. The second-order valence-corrected chi connectivity index (χ2v) is 3.36. The highest BCUT2D eigenvalue weighted by molar-refractivity contribution is 6.03. The summed E-state index contributed by atoms with van der Waals surface area (Å²) in [6, 6.07) is 7.90. The van der Waals surface area contributed by atoms with Gasteiger partial charge in [0.2, 0.25) is 0 Å². The normalized spacial score (nSPS) is 21.9. The summed E-state index contributed by atoms with van der Waals surface area (Å²) >= 11 is 0. The van der Waals surface area contributed by atoms with Crippen LogP contribution in [-0.2, 0) is 4.74 Å². The van der Waals surface area contributed by atoms with Crippen molar-refractivity contribution in [2.24, 2.45) is 4.99 Å². The van der Waals surface area contributed by atoms with Crippen LogP contribution in [0.5, 0.6) is 0 Å². The lowest BCUT2D eigenvalue weighted by molar-refractivity contribution is -0.0521. The summed E-state index contributed by atoms with van der Waals surface area (Å²) in [7, 11) is 0. The molecule has 0 amide bonds. The third-order valence-electron chi connectivity index (χ3n) is 2.23. The fourth-order valence-corrected chi connectivity index (χ4v) is 1.45. The second kappa shape index (κ2) is 3.90. The number of hydrogen-bond acceptors (Lipinski definition) is 3. The Bertz CT molecular complexity index is 343. The first kappa shape index (κ1) is 9.37. The van der Waals surface area contributed by atoms with Crippen LogP contribution in [-0.4, -0.2) is 30.3 Å². The first-order valence-corrected chi connectivity index (χ1v) is 4.68. The molecule has 0 bridgehead atoms. The van der Waals surface area contributed by atoms with E-state index >= 15 is 0 Å². The topological polar surface area (TPSA) is 41.8 Å². The van der Waals surface area contributed by atoms with Gasteiger partial charge in [-0.25, -0.2) is 0 Å². The van der Waals surface area contributed by atoms with Crippen LogP contribution in [0.15, 0.2) is 29.3 Å². The molecule has 0 aromatic heterocycles. The van der Waals surface area contributed by atoms with Gasteiger partial charge in [0.1, 0.15) is 0 Å². The van der Waals surface area contributed by atoms with Crippen molar-refractivity contribution < 1.29 is 9.84 Å². The lowest BCUT2D eigenvalue weighted by atomic mass is 10.1. The molecule has 1 aromatic rings. The zero-order valence-corrected chi connectivity index (χ0v) is 8.10. The Kier molecular flexibility index (Phi) is 2.61. The largest absolute Gasteiger partial charge is 0.363 e. The highest BCUT2D eigenvalue weighted by Crippen LogP contribution is 2.11. The fourth-order valence-electron chi connectivity index (χ4n) is 1.45. The number of benzene rings is 1. The monoisotopic (exact) mass is 191 g/mol. The molecule has 0 fully saturated rings. The lowest BCUT2D eigenvalue weighted by Gasteiger charge is -2.19. The third kappa shape index (κ3) is 1.84. The highest BCUT2D eigenvalue weighted by Gasteiger charge is 2.18. The Balaban J connectivity index is 2.29. The molecule has 0 aliphatic carbocycles. The average Bonchev–Trinajstić information content (AvgIpc) is 2.20. The first-order chi connectivity index (χ1) is 6.77. The van der Waals surface area contributed by atoms with Gasteiger partial charge in [-0.2, -0.15) is 0 Å². The number of nitrogens with zero attached hydrogens (tertiary/aromatic N) is 1. The third-order valence-corrected chi connectivity index (χ3v) is 2.23. The molecule has 1 aliphatic rings. The molecule has 0 spiro atoms. The summed E-state index contributed by atoms with van der Waals surface area (Å²) in [5, 5.41) is 9.54. The van der Waals surface area contributed by atoms with Crippen LogP contribution < -0.4 is 0 Å². The van der Waals surface area contributed by atoms with E-state index < -0.39 is 6.29 Å². The quantitative estimate of drug-likeness (QED) is 0.723. The summed E-state index contributed by atoms with van der Waals surface area (Å²) in [6.45, 7) is 3.15. The number of aliphatic hydroxyl groups excluding tert-OH is 1. The van der Waals surface area contributed by atoms with E-state index in [2.05, 4.69) is 4.99 Å². The van der Waals surface area contributed by atoms with Gasteiger partial charge < -0.3 is 9.84 Å². The second-order valence-electron chi connectivity index (χ2n) is 3.36. The summed E-state index contributed by atoms with van der Waals surface area (Å²) < 4.78 is 5.10. The van der Waals surface area contributed by atoms with Crippen LogP contribution in [0.1, 0.15) is 11.1 Å². The Morgan fingerprint density at radius 2 is 2.07 bits per heavy atom. The summed E-state index contributed by atoms with van der Waals surface area (Å²) in [5.74, 6) is 0. The molecule has 1 N–H and O–H groups in total. The minimum atomic E-state index is -0.869. The van der Waals surface area contributed by atoms with Gasteiger partial charge in [-0.05, 0) is 6.92 Å². The summed E-state index contributed by atoms with van der Waals surface area (Å²) in [6.07, 6.45) is -0.869. The number of aliphatic imine (C=N–C) groups is 1. The van der Waals surface area contributed by atoms with Crippen LogP contribution >= 0.6 is 0 Å². The van der Waals surface area contributed by atoms with Gasteiger partial charge in [0, 0.05) is 5.56 Å². The summed E-state index contributed by atoms with van der Waals surface area (Å²) in [5.41, 5.74) is 2.76. The number of rotatable bonds is 1. The lowest BCUT2D eigenvalue weighted by Crippen LogP contribution is -2.30. The zero-order valence-electron chi connectivity index (χ0n) is 8.10. The van der Waals surface area contributed by atoms with Gasteiger partial charge in [-0.15, -0.1) is 0 Å². The Labute approximate surface area is 83.1 Å². The number of aliphatic hydroxyl groups is 1. The van der Waals surface area contributed by atoms with Gasteiger partial charge in [0.05, 0.1) is 18.9 Å². The highest BCUT2D eigenvalue weighted by atomic mass is 16.6. The Morgan fingerprint density at radius 1 is 1.36 bits per heavy atom. The van der Waals surface area contributed by atoms with Gasteiger partial charge in [-0.3, -0.25) is 4.99 Å². The van der Waals surface area contributed by atoms with Gasteiger partial charge in [-0.1, -0.05) is 29.8 Å². The van der Waals surface area contributed by atoms with Crippen LogP contribution in [0.2, 0.25) is 0 Å². The van der Waals surface area contributed by atoms with Crippen molar-refractivity contribution in [1.82, 2.24) is 0 Å². The van der Waals surface area contributed by atoms with Crippen molar-refractivity contribution in [3.05, 3.63) is 35.4 Å². The van der Waals surface area contributed by atoms with E-state index in [9.17, 15) is 5.11 Å². The van der Waals surface area contributed by atoms with Crippen molar-refractivity contribution in [3.8, 4) is 0 Å². The number of aryl methyl sites for hydroxylation is 1. The van der Waals surface area contributed by atoms with E-state index in [1.807, 2.05) is 31.2 Å². The number of ether oxygens (including phenoxy) is 1. The maximum Gasteiger partial charge on any atom is 0.198 e. The minimum Gasteiger partial charge on any atom is -0.363 e. The predicted octanol–water partition coefficient (Wildman–Crippen LogP) is 1.13. The van der Waals surface area contributed by atoms with Crippen LogP contribution in [0.3, 0.4) is 0 Å². The van der Waals surface area contributed by atoms with Crippen molar-refractivity contribution in [2.75, 3.05) is 13.2 Å². The maximum atomic E-state index is 9.54. The molecule has 2 rings (SSSR count). The first-order valence-electron chi connectivity index (χ1n) is 4.68. The van der Waals surface area contributed by atoms with Gasteiger partial charge in [0.15, 0.2) is 6.29 Å².